The molecule has 0 bridgehead atoms. The van der Waals surface area contributed by atoms with Gasteiger partial charge >= 0.3 is 12.2 Å². The van der Waals surface area contributed by atoms with Crippen LogP contribution in [-0.4, -0.2) is 17.8 Å². The molecule has 1 N–H and O–H groups in total. The maximum atomic E-state index is 13.5. The van der Waals surface area contributed by atoms with Crippen LogP contribution < -0.4 is 10.1 Å². The average molecular weight is 336 g/mol. The zero-order valence-corrected chi connectivity index (χ0v) is 13.0. The summed E-state index contributed by atoms with van der Waals surface area (Å²) in [5.41, 5.74) is 0.117. The lowest BCUT2D eigenvalue weighted by Gasteiger charge is -2.23. The fraction of sp³-hybridized carbons (Fsp3) is 0.294. The molecule has 3 rings (SSSR count). The van der Waals surface area contributed by atoms with Gasteiger partial charge in [-0.3, -0.25) is 0 Å². The van der Waals surface area contributed by atoms with Gasteiger partial charge in [-0.1, -0.05) is 12.1 Å². The highest BCUT2D eigenvalue weighted by Crippen LogP contribution is 2.42. The van der Waals surface area contributed by atoms with Crippen LogP contribution in [0.2, 0.25) is 0 Å². The van der Waals surface area contributed by atoms with Crippen LogP contribution in [0.4, 0.5) is 18.0 Å². The third-order valence-corrected chi connectivity index (χ3v) is 3.61. The molecule has 4 nitrogen and oxygen atoms in total. The first-order chi connectivity index (χ1) is 11.3. The third kappa shape index (κ3) is 3.06. The third-order valence-electron chi connectivity index (χ3n) is 3.61. The fourth-order valence-corrected chi connectivity index (χ4v) is 2.73. The average Bonchev–Trinajstić information content (AvgIpc) is 2.84. The number of hydrogen-bond acceptors (Lipinski definition) is 2. The first kappa shape index (κ1) is 16.3. The van der Waals surface area contributed by atoms with Crippen molar-refractivity contribution in [1.82, 2.24) is 5.32 Å². The highest BCUT2D eigenvalue weighted by molar-refractivity contribution is 6.19. The van der Waals surface area contributed by atoms with Gasteiger partial charge in [0, 0.05) is 11.5 Å². The number of rotatable bonds is 3. The molecule has 0 fully saturated rings. The zero-order valence-electron chi connectivity index (χ0n) is 13.0. The normalized spacial score (nSPS) is 19.8. The number of benzene rings is 1. The Morgan fingerprint density at radius 1 is 1.29 bits per heavy atom. The van der Waals surface area contributed by atoms with E-state index in [1.165, 1.54) is 12.1 Å². The molecule has 2 amide bonds. The van der Waals surface area contributed by atoms with Gasteiger partial charge in [0.1, 0.15) is 5.75 Å². The SMILES string of the molecule is CC(C)Oc1cccc(C(F)(F)F)c1C1C=CC2=NC(=O)NC2=C1. The van der Waals surface area contributed by atoms with Gasteiger partial charge in [-0.15, -0.1) is 0 Å². The van der Waals surface area contributed by atoms with Crippen molar-refractivity contribution < 1.29 is 22.7 Å². The van der Waals surface area contributed by atoms with E-state index in [4.69, 9.17) is 4.74 Å². The van der Waals surface area contributed by atoms with Crippen LogP contribution in [0.5, 0.6) is 5.75 Å². The molecule has 2 aliphatic rings. The molecule has 24 heavy (non-hydrogen) atoms. The van der Waals surface area contributed by atoms with Crippen molar-refractivity contribution in [1.29, 1.82) is 0 Å². The number of alkyl halides is 3. The number of allylic oxidation sites excluding steroid dienone is 3. The van der Waals surface area contributed by atoms with Gasteiger partial charge < -0.3 is 10.1 Å². The van der Waals surface area contributed by atoms with Crippen LogP contribution in [0.25, 0.3) is 0 Å². The molecule has 0 radical (unpaired) electrons. The number of hydrogen-bond donors (Lipinski definition) is 1. The molecular weight excluding hydrogens is 321 g/mol. The topological polar surface area (TPSA) is 50.7 Å². The fourth-order valence-electron chi connectivity index (χ4n) is 2.73. The summed E-state index contributed by atoms with van der Waals surface area (Å²) in [5, 5.41) is 2.52. The standard InChI is InChI=1S/C17H15F3N2O2/c1-9(2)24-14-5-3-4-11(17(18,19)20)15(14)10-6-7-12-13(8-10)22-16(23)21-12/h3-10H,1-2H3,(H,22,23). The van der Waals surface area contributed by atoms with Gasteiger partial charge in [-0.05, 0) is 38.1 Å². The Bertz CT molecular complexity index is 777. The Morgan fingerprint density at radius 2 is 2.04 bits per heavy atom. The second-order valence-electron chi connectivity index (χ2n) is 5.77. The lowest BCUT2D eigenvalue weighted by atomic mass is 9.88. The predicted molar refractivity (Wildman–Crippen MR) is 83.1 cm³/mol. The van der Waals surface area contributed by atoms with Gasteiger partial charge in [0.15, 0.2) is 0 Å². The molecule has 0 aromatic heterocycles. The van der Waals surface area contributed by atoms with E-state index >= 15 is 0 Å². The number of nitrogens with one attached hydrogen (secondary N) is 1. The second kappa shape index (κ2) is 5.81. The monoisotopic (exact) mass is 336 g/mol. The largest absolute Gasteiger partial charge is 0.491 e. The number of urea groups is 1. The zero-order chi connectivity index (χ0) is 17.5. The minimum Gasteiger partial charge on any atom is -0.491 e. The van der Waals surface area contributed by atoms with Crippen molar-refractivity contribution in [2.24, 2.45) is 4.99 Å². The predicted octanol–water partition coefficient (Wildman–Crippen LogP) is 4.19. The molecule has 0 saturated heterocycles. The molecule has 1 aromatic rings. The second-order valence-corrected chi connectivity index (χ2v) is 5.77. The van der Waals surface area contributed by atoms with E-state index in [0.717, 1.165) is 6.07 Å². The number of carbonyl (C=O) groups excluding carboxylic acids is 1. The minimum absolute atomic E-state index is 0.0302. The Balaban J connectivity index is 2.11. The van der Waals surface area contributed by atoms with Gasteiger partial charge in [-0.2, -0.15) is 18.2 Å². The Hall–Kier alpha value is -2.57. The smallest absolute Gasteiger partial charge is 0.416 e. The summed E-state index contributed by atoms with van der Waals surface area (Å²) in [6.07, 6.45) is -0.0898. The van der Waals surface area contributed by atoms with Gasteiger partial charge in [-0.25, -0.2) is 4.79 Å². The minimum atomic E-state index is -4.51. The summed E-state index contributed by atoms with van der Waals surface area (Å²) in [4.78, 5) is 15.1. The van der Waals surface area contributed by atoms with Crippen LogP contribution in [0, 0.1) is 0 Å². The lowest BCUT2D eigenvalue weighted by Crippen LogP contribution is -2.19. The maximum absolute atomic E-state index is 13.5. The quantitative estimate of drug-likeness (QED) is 0.899. The molecule has 126 valence electrons. The summed E-state index contributed by atoms with van der Waals surface area (Å²) >= 11 is 0. The maximum Gasteiger partial charge on any atom is 0.416 e. The molecule has 1 aliphatic carbocycles. The van der Waals surface area contributed by atoms with Crippen molar-refractivity contribution in [2.45, 2.75) is 32.0 Å². The summed E-state index contributed by atoms with van der Waals surface area (Å²) in [7, 11) is 0. The van der Waals surface area contributed by atoms with Crippen molar-refractivity contribution in [3.05, 3.63) is 53.3 Å². The number of carbonyl (C=O) groups is 1. The molecule has 0 spiro atoms. The van der Waals surface area contributed by atoms with E-state index in [0.29, 0.717) is 11.4 Å². The summed E-state index contributed by atoms with van der Waals surface area (Å²) < 4.78 is 46.0. The number of ether oxygens (including phenoxy) is 1. The van der Waals surface area contributed by atoms with E-state index in [1.807, 2.05) is 0 Å². The molecule has 0 saturated carbocycles. The van der Waals surface area contributed by atoms with Crippen molar-refractivity contribution in [2.75, 3.05) is 0 Å². The van der Waals surface area contributed by atoms with Crippen LogP contribution >= 0.6 is 0 Å². The molecule has 1 aliphatic heterocycles. The Kier molecular flexibility index (Phi) is 3.95. The lowest BCUT2D eigenvalue weighted by molar-refractivity contribution is -0.138. The molecule has 1 atom stereocenters. The van der Waals surface area contributed by atoms with Crippen LogP contribution in [0.1, 0.15) is 30.9 Å². The first-order valence-electron chi connectivity index (χ1n) is 7.42. The number of fused-ring (bicyclic) bond motifs is 1. The molecule has 1 unspecified atom stereocenters. The number of amides is 2. The number of nitrogens with zero attached hydrogens (tertiary/aromatic N) is 1. The van der Waals surface area contributed by atoms with Gasteiger partial charge in [0.2, 0.25) is 0 Å². The van der Waals surface area contributed by atoms with Crippen molar-refractivity contribution in [3.63, 3.8) is 0 Å². The Labute approximate surface area is 136 Å². The van der Waals surface area contributed by atoms with Crippen LogP contribution in [-0.2, 0) is 6.18 Å². The summed E-state index contributed by atoms with van der Waals surface area (Å²) in [5.74, 6) is -0.500. The van der Waals surface area contributed by atoms with Gasteiger partial charge in [0.05, 0.1) is 23.1 Å². The molecule has 7 heteroatoms. The van der Waals surface area contributed by atoms with E-state index in [-0.39, 0.29) is 17.4 Å². The van der Waals surface area contributed by atoms with Crippen LogP contribution in [0.15, 0.2) is 47.1 Å². The van der Waals surface area contributed by atoms with Crippen molar-refractivity contribution in [3.8, 4) is 5.75 Å². The van der Waals surface area contributed by atoms with Crippen LogP contribution in [0.3, 0.4) is 0 Å². The first-order valence-corrected chi connectivity index (χ1v) is 7.42. The molecule has 1 aromatic carbocycles. The number of aliphatic imine (C=N–C) groups is 1. The molecule has 1 heterocycles. The summed E-state index contributed by atoms with van der Waals surface area (Å²) in [6, 6.07) is 3.36. The van der Waals surface area contributed by atoms with Crippen molar-refractivity contribution >= 4 is 11.7 Å². The molecular formula is C17H15F3N2O2. The van der Waals surface area contributed by atoms with E-state index < -0.39 is 23.7 Å². The van der Waals surface area contributed by atoms with E-state index in [2.05, 4.69) is 10.3 Å². The highest BCUT2D eigenvalue weighted by Gasteiger charge is 2.37. The van der Waals surface area contributed by atoms with Gasteiger partial charge in [0.25, 0.3) is 0 Å². The number of halogens is 3. The van der Waals surface area contributed by atoms with E-state index in [1.54, 1.807) is 32.1 Å². The van der Waals surface area contributed by atoms with E-state index in [9.17, 15) is 18.0 Å². The summed E-state index contributed by atoms with van der Waals surface area (Å²) in [6.45, 7) is 3.50. The highest BCUT2D eigenvalue weighted by atomic mass is 19.4. The Morgan fingerprint density at radius 3 is 2.71 bits per heavy atom.